The summed E-state index contributed by atoms with van der Waals surface area (Å²) in [6, 6.07) is 9.52. The number of furan rings is 1. The number of hydrogen-bond acceptors (Lipinski definition) is 7. The van der Waals surface area contributed by atoms with Crippen molar-refractivity contribution in [3.63, 3.8) is 0 Å². The SMILES string of the molecule is Fc1ccc(-c2cnc(SCc3noc(-c4ccco4)n3)o2)cc1. The summed E-state index contributed by atoms with van der Waals surface area (Å²) in [5.74, 6) is 2.07. The maximum absolute atomic E-state index is 12.9. The number of aromatic nitrogens is 3. The Morgan fingerprint density at radius 3 is 2.75 bits per heavy atom. The van der Waals surface area contributed by atoms with Gasteiger partial charge in [-0.2, -0.15) is 4.98 Å². The quantitative estimate of drug-likeness (QED) is 0.496. The van der Waals surface area contributed by atoms with Crippen molar-refractivity contribution >= 4 is 11.8 Å². The molecule has 0 aliphatic carbocycles. The summed E-state index contributed by atoms with van der Waals surface area (Å²) in [6.07, 6.45) is 3.14. The lowest BCUT2D eigenvalue weighted by molar-refractivity contribution is 0.411. The Bertz CT molecular complexity index is 932. The standard InChI is InChI=1S/C16H10FN3O3S/c17-11-5-3-10(4-6-11)13-8-18-16(22-13)24-9-14-19-15(23-20-14)12-2-1-7-21-12/h1-8H,9H2. The van der Waals surface area contributed by atoms with Crippen LogP contribution >= 0.6 is 11.8 Å². The summed E-state index contributed by atoms with van der Waals surface area (Å²) >= 11 is 1.34. The second kappa shape index (κ2) is 6.32. The molecule has 0 fully saturated rings. The van der Waals surface area contributed by atoms with Crippen molar-refractivity contribution in [1.29, 1.82) is 0 Å². The molecule has 24 heavy (non-hydrogen) atoms. The first kappa shape index (κ1) is 14.7. The van der Waals surface area contributed by atoms with Crippen LogP contribution in [0.5, 0.6) is 0 Å². The second-order valence-electron chi connectivity index (χ2n) is 4.78. The Morgan fingerprint density at radius 1 is 1.08 bits per heavy atom. The molecule has 120 valence electrons. The second-order valence-corrected chi connectivity index (χ2v) is 5.71. The van der Waals surface area contributed by atoms with Crippen molar-refractivity contribution in [2.24, 2.45) is 0 Å². The third-order valence-corrected chi connectivity index (χ3v) is 3.98. The Morgan fingerprint density at radius 2 is 1.96 bits per heavy atom. The van der Waals surface area contributed by atoms with Crippen molar-refractivity contribution in [3.8, 4) is 23.0 Å². The minimum absolute atomic E-state index is 0.294. The first-order valence-corrected chi connectivity index (χ1v) is 7.97. The van der Waals surface area contributed by atoms with E-state index in [2.05, 4.69) is 15.1 Å². The molecule has 6 nitrogen and oxygen atoms in total. The van der Waals surface area contributed by atoms with Crippen molar-refractivity contribution in [2.45, 2.75) is 11.0 Å². The zero-order valence-corrected chi connectivity index (χ0v) is 13.0. The highest BCUT2D eigenvalue weighted by atomic mass is 32.2. The fourth-order valence-electron chi connectivity index (χ4n) is 2.01. The molecule has 4 rings (SSSR count). The molecule has 0 aliphatic rings. The van der Waals surface area contributed by atoms with Crippen LogP contribution in [0.25, 0.3) is 23.0 Å². The maximum atomic E-state index is 12.9. The molecule has 0 radical (unpaired) electrons. The van der Waals surface area contributed by atoms with Gasteiger partial charge in [-0.3, -0.25) is 0 Å². The van der Waals surface area contributed by atoms with E-state index < -0.39 is 0 Å². The van der Waals surface area contributed by atoms with E-state index in [4.69, 9.17) is 13.4 Å². The summed E-state index contributed by atoms with van der Waals surface area (Å²) < 4.78 is 28.9. The average Bonchev–Trinajstić information content (AvgIpc) is 3.34. The zero-order valence-electron chi connectivity index (χ0n) is 12.2. The van der Waals surface area contributed by atoms with Crippen LogP contribution in [0, 0.1) is 5.82 Å². The number of halogens is 1. The molecule has 0 N–H and O–H groups in total. The molecule has 0 atom stereocenters. The lowest BCUT2D eigenvalue weighted by atomic mass is 10.2. The largest absolute Gasteiger partial charge is 0.459 e. The van der Waals surface area contributed by atoms with Crippen LogP contribution in [0.4, 0.5) is 4.39 Å². The highest BCUT2D eigenvalue weighted by Crippen LogP contribution is 2.27. The maximum Gasteiger partial charge on any atom is 0.293 e. The van der Waals surface area contributed by atoms with Gasteiger partial charge in [-0.25, -0.2) is 9.37 Å². The first-order chi connectivity index (χ1) is 11.8. The molecule has 0 saturated carbocycles. The van der Waals surface area contributed by atoms with Crippen molar-refractivity contribution in [1.82, 2.24) is 15.1 Å². The van der Waals surface area contributed by atoms with Gasteiger partial charge in [0.25, 0.3) is 11.1 Å². The summed E-state index contributed by atoms with van der Waals surface area (Å²) in [4.78, 5) is 8.42. The topological polar surface area (TPSA) is 78.1 Å². The monoisotopic (exact) mass is 343 g/mol. The van der Waals surface area contributed by atoms with E-state index in [9.17, 15) is 4.39 Å². The van der Waals surface area contributed by atoms with E-state index in [-0.39, 0.29) is 5.82 Å². The molecule has 0 bridgehead atoms. The van der Waals surface area contributed by atoms with Gasteiger partial charge in [-0.05, 0) is 36.4 Å². The van der Waals surface area contributed by atoms with Gasteiger partial charge in [0.1, 0.15) is 5.82 Å². The molecular weight excluding hydrogens is 333 g/mol. The van der Waals surface area contributed by atoms with E-state index in [0.717, 1.165) is 5.56 Å². The number of benzene rings is 1. The third-order valence-electron chi connectivity index (χ3n) is 3.14. The number of thioether (sulfide) groups is 1. The summed E-state index contributed by atoms with van der Waals surface area (Å²) in [6.45, 7) is 0. The predicted octanol–water partition coefficient (Wildman–Crippen LogP) is 4.42. The first-order valence-electron chi connectivity index (χ1n) is 6.99. The van der Waals surface area contributed by atoms with E-state index in [1.165, 1.54) is 30.2 Å². The molecular formula is C16H10FN3O3S. The number of hydrogen-bond donors (Lipinski definition) is 0. The minimum atomic E-state index is -0.294. The van der Waals surface area contributed by atoms with E-state index in [0.29, 0.717) is 34.2 Å². The molecule has 0 aliphatic heterocycles. The highest BCUT2D eigenvalue weighted by Gasteiger charge is 2.13. The fourth-order valence-corrected chi connectivity index (χ4v) is 2.66. The summed E-state index contributed by atoms with van der Waals surface area (Å²) in [7, 11) is 0. The number of rotatable bonds is 5. The molecule has 3 aromatic heterocycles. The fraction of sp³-hybridized carbons (Fsp3) is 0.0625. The smallest absolute Gasteiger partial charge is 0.293 e. The van der Waals surface area contributed by atoms with Gasteiger partial charge in [0.2, 0.25) is 0 Å². The minimum Gasteiger partial charge on any atom is -0.459 e. The van der Waals surface area contributed by atoms with Crippen LogP contribution < -0.4 is 0 Å². The van der Waals surface area contributed by atoms with Crippen molar-refractivity contribution < 1.29 is 17.7 Å². The van der Waals surface area contributed by atoms with Gasteiger partial charge in [-0.15, -0.1) is 0 Å². The van der Waals surface area contributed by atoms with Gasteiger partial charge >= 0.3 is 0 Å². The van der Waals surface area contributed by atoms with Gasteiger partial charge in [0.05, 0.1) is 18.2 Å². The molecule has 8 heteroatoms. The van der Waals surface area contributed by atoms with Crippen LogP contribution in [0.2, 0.25) is 0 Å². The Kier molecular flexibility index (Phi) is 3.87. The number of nitrogens with zero attached hydrogens (tertiary/aromatic N) is 3. The molecule has 4 aromatic rings. The van der Waals surface area contributed by atoms with E-state index >= 15 is 0 Å². The average molecular weight is 343 g/mol. The van der Waals surface area contributed by atoms with Crippen LogP contribution in [0.3, 0.4) is 0 Å². The van der Waals surface area contributed by atoms with Crippen molar-refractivity contribution in [2.75, 3.05) is 0 Å². The molecule has 3 heterocycles. The summed E-state index contributed by atoms with van der Waals surface area (Å²) in [5.41, 5.74) is 0.760. The normalized spacial score (nSPS) is 11.0. The molecule has 0 amide bonds. The van der Waals surface area contributed by atoms with Crippen LogP contribution in [0.1, 0.15) is 5.82 Å². The molecule has 0 saturated heterocycles. The number of oxazole rings is 1. The van der Waals surface area contributed by atoms with Gasteiger partial charge in [-0.1, -0.05) is 16.9 Å². The molecule has 0 spiro atoms. The van der Waals surface area contributed by atoms with Crippen LogP contribution in [-0.2, 0) is 5.75 Å². The molecule has 0 unspecified atom stereocenters. The van der Waals surface area contributed by atoms with Gasteiger partial charge in [0.15, 0.2) is 17.3 Å². The Hall–Kier alpha value is -2.87. The van der Waals surface area contributed by atoms with E-state index in [1.54, 1.807) is 30.5 Å². The van der Waals surface area contributed by atoms with E-state index in [1.807, 2.05) is 0 Å². The lowest BCUT2D eigenvalue weighted by Crippen LogP contribution is -1.83. The third kappa shape index (κ3) is 3.09. The molecule has 1 aromatic carbocycles. The Labute approximate surface area is 139 Å². The highest BCUT2D eigenvalue weighted by molar-refractivity contribution is 7.98. The predicted molar refractivity (Wildman–Crippen MR) is 83.5 cm³/mol. The Balaban J connectivity index is 1.42. The van der Waals surface area contributed by atoms with Gasteiger partial charge in [0, 0.05) is 5.56 Å². The zero-order chi connectivity index (χ0) is 16.4. The van der Waals surface area contributed by atoms with Gasteiger partial charge < -0.3 is 13.4 Å². The summed E-state index contributed by atoms with van der Waals surface area (Å²) in [5, 5.41) is 4.35. The van der Waals surface area contributed by atoms with Crippen molar-refractivity contribution in [3.05, 3.63) is 60.5 Å². The van der Waals surface area contributed by atoms with Crippen LogP contribution in [0.15, 0.2) is 67.4 Å². The lowest BCUT2D eigenvalue weighted by Gasteiger charge is -1.95. The van der Waals surface area contributed by atoms with Crippen LogP contribution in [-0.4, -0.2) is 15.1 Å².